The molecule has 0 aliphatic carbocycles. The fourth-order valence-electron chi connectivity index (χ4n) is 2.65. The van der Waals surface area contributed by atoms with Crippen molar-refractivity contribution in [2.75, 3.05) is 19.0 Å². The van der Waals surface area contributed by atoms with Gasteiger partial charge in [0.25, 0.3) is 5.91 Å². The van der Waals surface area contributed by atoms with Crippen LogP contribution in [0.15, 0.2) is 42.5 Å². The first-order chi connectivity index (χ1) is 13.3. The summed E-state index contributed by atoms with van der Waals surface area (Å²) in [5, 5.41) is 2.69. The van der Waals surface area contributed by atoms with Gasteiger partial charge in [0.2, 0.25) is 0 Å². The van der Waals surface area contributed by atoms with Gasteiger partial charge in [0, 0.05) is 0 Å². The van der Waals surface area contributed by atoms with Crippen molar-refractivity contribution in [2.45, 2.75) is 39.7 Å². The zero-order valence-electron chi connectivity index (χ0n) is 16.9. The number of carbonyl (C=O) groups is 2. The third-order valence-corrected chi connectivity index (χ3v) is 4.18. The molecule has 0 aromatic heterocycles. The third-order valence-electron chi connectivity index (χ3n) is 4.18. The molecule has 1 atom stereocenters. The molecule has 6 nitrogen and oxygen atoms in total. The smallest absolute Gasteiger partial charge is 0.344 e. The van der Waals surface area contributed by atoms with E-state index >= 15 is 0 Å². The monoisotopic (exact) mass is 385 g/mol. The Morgan fingerprint density at radius 1 is 1.04 bits per heavy atom. The van der Waals surface area contributed by atoms with Crippen LogP contribution in [0.3, 0.4) is 0 Å². The van der Waals surface area contributed by atoms with Crippen LogP contribution in [-0.4, -0.2) is 31.7 Å². The lowest BCUT2D eigenvalue weighted by Gasteiger charge is -2.17. The summed E-state index contributed by atoms with van der Waals surface area (Å²) < 4.78 is 16.0. The van der Waals surface area contributed by atoms with Gasteiger partial charge >= 0.3 is 5.97 Å². The molecule has 0 saturated carbocycles. The minimum atomic E-state index is -0.969. The highest BCUT2D eigenvalue weighted by Gasteiger charge is 2.20. The van der Waals surface area contributed by atoms with Crippen molar-refractivity contribution in [3.63, 3.8) is 0 Å². The van der Waals surface area contributed by atoms with E-state index in [1.807, 2.05) is 25.1 Å². The van der Waals surface area contributed by atoms with E-state index < -0.39 is 18.0 Å². The SMILES string of the molecule is COc1ccccc1NC(=O)[C@@H](C)OC(=O)COc1cc(C)ccc1C(C)C. The highest BCUT2D eigenvalue weighted by molar-refractivity contribution is 5.96. The second kappa shape index (κ2) is 9.78. The summed E-state index contributed by atoms with van der Waals surface area (Å²) >= 11 is 0. The van der Waals surface area contributed by atoms with Crippen molar-refractivity contribution in [3.05, 3.63) is 53.6 Å². The number of methoxy groups -OCH3 is 1. The van der Waals surface area contributed by atoms with Crippen LogP contribution in [0.1, 0.15) is 37.8 Å². The molecule has 2 rings (SSSR count). The van der Waals surface area contributed by atoms with Crippen LogP contribution in [0.25, 0.3) is 0 Å². The Morgan fingerprint density at radius 2 is 1.75 bits per heavy atom. The molecule has 0 bridgehead atoms. The Kier molecular flexibility index (Phi) is 7.44. The molecule has 1 N–H and O–H groups in total. The van der Waals surface area contributed by atoms with E-state index in [0.29, 0.717) is 17.2 Å². The average molecular weight is 385 g/mol. The number of anilines is 1. The van der Waals surface area contributed by atoms with Crippen molar-refractivity contribution in [1.82, 2.24) is 0 Å². The summed E-state index contributed by atoms with van der Waals surface area (Å²) in [5.41, 5.74) is 2.56. The lowest BCUT2D eigenvalue weighted by Crippen LogP contribution is -2.31. The second-order valence-corrected chi connectivity index (χ2v) is 6.81. The normalized spacial score (nSPS) is 11.6. The lowest BCUT2D eigenvalue weighted by atomic mass is 10.0. The van der Waals surface area contributed by atoms with Crippen molar-refractivity contribution in [2.24, 2.45) is 0 Å². The largest absolute Gasteiger partial charge is 0.495 e. The molecule has 0 spiro atoms. The average Bonchev–Trinajstić information content (AvgIpc) is 2.66. The molecule has 0 unspecified atom stereocenters. The van der Waals surface area contributed by atoms with Gasteiger partial charge in [-0.3, -0.25) is 4.79 Å². The molecule has 1 amide bonds. The fourth-order valence-corrected chi connectivity index (χ4v) is 2.65. The van der Waals surface area contributed by atoms with Crippen LogP contribution in [0.2, 0.25) is 0 Å². The number of aryl methyl sites for hydroxylation is 1. The topological polar surface area (TPSA) is 73.9 Å². The first-order valence-corrected chi connectivity index (χ1v) is 9.18. The first-order valence-electron chi connectivity index (χ1n) is 9.18. The van der Waals surface area contributed by atoms with Gasteiger partial charge in [0.15, 0.2) is 12.7 Å². The molecule has 2 aromatic rings. The number of amides is 1. The molecule has 0 fully saturated rings. The number of nitrogens with one attached hydrogen (secondary N) is 1. The summed E-state index contributed by atoms with van der Waals surface area (Å²) in [4.78, 5) is 24.4. The van der Waals surface area contributed by atoms with Crippen LogP contribution >= 0.6 is 0 Å². The van der Waals surface area contributed by atoms with Gasteiger partial charge in [0.05, 0.1) is 12.8 Å². The Balaban J connectivity index is 1.92. The van der Waals surface area contributed by atoms with Crippen LogP contribution < -0.4 is 14.8 Å². The van der Waals surface area contributed by atoms with Crippen molar-refractivity contribution >= 4 is 17.6 Å². The first kappa shape index (κ1) is 21.3. The Bertz CT molecular complexity index is 831. The summed E-state index contributed by atoms with van der Waals surface area (Å²) in [5.74, 6) is 0.379. The highest BCUT2D eigenvalue weighted by atomic mass is 16.6. The van der Waals surface area contributed by atoms with Crippen LogP contribution in [0.5, 0.6) is 11.5 Å². The molecule has 6 heteroatoms. The molecule has 0 aliphatic rings. The van der Waals surface area contributed by atoms with Crippen molar-refractivity contribution < 1.29 is 23.8 Å². The van der Waals surface area contributed by atoms with Gasteiger partial charge in [0.1, 0.15) is 11.5 Å². The number of hydrogen-bond acceptors (Lipinski definition) is 5. The van der Waals surface area contributed by atoms with Crippen LogP contribution in [0, 0.1) is 6.92 Å². The molecule has 150 valence electrons. The van der Waals surface area contributed by atoms with Gasteiger partial charge in [-0.1, -0.05) is 38.1 Å². The zero-order valence-corrected chi connectivity index (χ0v) is 16.9. The number of para-hydroxylation sites is 2. The van der Waals surface area contributed by atoms with Crippen LogP contribution in [-0.2, 0) is 14.3 Å². The molecule has 2 aromatic carbocycles. The number of carbonyl (C=O) groups excluding carboxylic acids is 2. The second-order valence-electron chi connectivity index (χ2n) is 6.81. The van der Waals surface area contributed by atoms with Crippen molar-refractivity contribution in [3.8, 4) is 11.5 Å². The van der Waals surface area contributed by atoms with E-state index in [0.717, 1.165) is 11.1 Å². The van der Waals surface area contributed by atoms with E-state index in [4.69, 9.17) is 14.2 Å². The van der Waals surface area contributed by atoms with Crippen molar-refractivity contribution in [1.29, 1.82) is 0 Å². The van der Waals surface area contributed by atoms with Gasteiger partial charge in [-0.25, -0.2) is 4.79 Å². The van der Waals surface area contributed by atoms with Gasteiger partial charge < -0.3 is 19.5 Å². The summed E-state index contributed by atoms with van der Waals surface area (Å²) in [6.07, 6.45) is -0.969. The molecule has 0 heterocycles. The van der Waals surface area contributed by atoms with Gasteiger partial charge in [-0.2, -0.15) is 0 Å². The summed E-state index contributed by atoms with van der Waals surface area (Å²) in [7, 11) is 1.52. The molecular formula is C22H27NO5. The van der Waals surface area contributed by atoms with E-state index in [2.05, 4.69) is 19.2 Å². The number of rotatable bonds is 8. The van der Waals surface area contributed by atoms with E-state index in [9.17, 15) is 9.59 Å². The van der Waals surface area contributed by atoms with Crippen LogP contribution in [0.4, 0.5) is 5.69 Å². The number of ether oxygens (including phenoxy) is 3. The maximum atomic E-state index is 12.3. The zero-order chi connectivity index (χ0) is 20.7. The molecule has 0 saturated heterocycles. The van der Waals surface area contributed by atoms with Gasteiger partial charge in [-0.05, 0) is 49.1 Å². The van der Waals surface area contributed by atoms with E-state index in [1.54, 1.807) is 24.3 Å². The minimum absolute atomic E-state index is 0.261. The minimum Gasteiger partial charge on any atom is -0.495 e. The predicted molar refractivity (Wildman–Crippen MR) is 108 cm³/mol. The summed E-state index contributed by atoms with van der Waals surface area (Å²) in [6, 6.07) is 12.9. The van der Waals surface area contributed by atoms with E-state index in [1.165, 1.54) is 14.0 Å². The number of esters is 1. The Hall–Kier alpha value is -3.02. The maximum absolute atomic E-state index is 12.3. The lowest BCUT2D eigenvalue weighted by molar-refractivity contribution is -0.155. The fraction of sp³-hybridized carbons (Fsp3) is 0.364. The number of hydrogen-bond donors (Lipinski definition) is 1. The Labute approximate surface area is 165 Å². The molecular weight excluding hydrogens is 358 g/mol. The molecule has 0 aliphatic heterocycles. The Morgan fingerprint density at radius 3 is 2.43 bits per heavy atom. The quantitative estimate of drug-likeness (QED) is 0.693. The summed E-state index contributed by atoms with van der Waals surface area (Å²) in [6.45, 7) is 7.31. The third kappa shape index (κ3) is 5.74. The number of benzene rings is 2. The van der Waals surface area contributed by atoms with Gasteiger partial charge in [-0.15, -0.1) is 0 Å². The molecule has 0 radical (unpaired) electrons. The predicted octanol–water partition coefficient (Wildman–Crippen LogP) is 4.08. The maximum Gasteiger partial charge on any atom is 0.344 e. The van der Waals surface area contributed by atoms with E-state index in [-0.39, 0.29) is 12.5 Å². The highest BCUT2D eigenvalue weighted by Crippen LogP contribution is 2.27. The molecule has 28 heavy (non-hydrogen) atoms. The standard InChI is InChI=1S/C22H27NO5/c1-14(2)17-11-10-15(3)12-20(17)27-13-21(24)28-16(4)22(25)23-18-8-6-7-9-19(18)26-5/h6-12,14,16H,13H2,1-5H3,(H,23,25)/t16-/m1/s1.